The van der Waals surface area contributed by atoms with Gasteiger partial charge in [-0.1, -0.05) is 6.07 Å². The van der Waals surface area contributed by atoms with E-state index in [0.29, 0.717) is 24.3 Å². The van der Waals surface area contributed by atoms with E-state index in [0.717, 1.165) is 22.6 Å². The standard InChI is InChI=1S/C25H27FN4O2/c1-5-29(6-2)25(32)19-8-7-9-21(16-19)27-24(31)15-14-23-17(3)28-30(18(23)4)22-12-10-20(26)11-13-22/h7-16H,5-6H2,1-4H3,(H,27,31)/b15-14+. The van der Waals surface area contributed by atoms with Crippen LogP contribution in [0.25, 0.3) is 11.8 Å². The van der Waals surface area contributed by atoms with E-state index in [9.17, 15) is 14.0 Å². The fourth-order valence-corrected chi connectivity index (χ4v) is 3.50. The van der Waals surface area contributed by atoms with Crippen molar-refractivity contribution in [2.45, 2.75) is 27.7 Å². The lowest BCUT2D eigenvalue weighted by molar-refractivity contribution is -0.111. The third-order valence-corrected chi connectivity index (χ3v) is 5.25. The first-order valence-electron chi connectivity index (χ1n) is 10.5. The van der Waals surface area contributed by atoms with Crippen LogP contribution >= 0.6 is 0 Å². The van der Waals surface area contributed by atoms with Crippen LogP contribution in [-0.2, 0) is 4.79 Å². The van der Waals surface area contributed by atoms with Gasteiger partial charge in [0.2, 0.25) is 5.91 Å². The van der Waals surface area contributed by atoms with E-state index in [1.54, 1.807) is 52.1 Å². The summed E-state index contributed by atoms with van der Waals surface area (Å²) in [7, 11) is 0. The summed E-state index contributed by atoms with van der Waals surface area (Å²) < 4.78 is 14.9. The van der Waals surface area contributed by atoms with Gasteiger partial charge in [0.25, 0.3) is 5.91 Å². The van der Waals surface area contributed by atoms with E-state index >= 15 is 0 Å². The van der Waals surface area contributed by atoms with Crippen molar-refractivity contribution in [1.82, 2.24) is 14.7 Å². The molecule has 2 aromatic carbocycles. The summed E-state index contributed by atoms with van der Waals surface area (Å²) in [4.78, 5) is 26.8. The number of nitrogens with zero attached hydrogens (tertiary/aromatic N) is 3. The van der Waals surface area contributed by atoms with Crippen molar-refractivity contribution in [3.8, 4) is 5.69 Å². The van der Waals surface area contributed by atoms with E-state index in [1.807, 2.05) is 27.7 Å². The molecule has 32 heavy (non-hydrogen) atoms. The van der Waals surface area contributed by atoms with Gasteiger partial charge in [0.1, 0.15) is 5.82 Å². The first-order chi connectivity index (χ1) is 15.3. The summed E-state index contributed by atoms with van der Waals surface area (Å²) in [5.74, 6) is -0.693. The number of carbonyl (C=O) groups excluding carboxylic acids is 2. The molecular formula is C25H27FN4O2. The van der Waals surface area contributed by atoms with Gasteiger partial charge in [0.05, 0.1) is 11.4 Å². The maximum absolute atomic E-state index is 13.2. The second-order valence-electron chi connectivity index (χ2n) is 7.35. The molecule has 0 saturated carbocycles. The lowest BCUT2D eigenvalue weighted by Gasteiger charge is -2.18. The molecule has 0 aliphatic rings. The van der Waals surface area contributed by atoms with Gasteiger partial charge in [-0.15, -0.1) is 0 Å². The Morgan fingerprint density at radius 2 is 1.78 bits per heavy atom. The highest BCUT2D eigenvalue weighted by Gasteiger charge is 2.14. The van der Waals surface area contributed by atoms with Gasteiger partial charge < -0.3 is 10.2 Å². The number of aryl methyl sites for hydroxylation is 1. The number of hydrogen-bond acceptors (Lipinski definition) is 3. The molecule has 3 rings (SSSR count). The molecule has 0 fully saturated rings. The fraction of sp³-hybridized carbons (Fsp3) is 0.240. The van der Waals surface area contributed by atoms with Gasteiger partial charge in [-0.2, -0.15) is 5.10 Å². The smallest absolute Gasteiger partial charge is 0.253 e. The Morgan fingerprint density at radius 1 is 1.09 bits per heavy atom. The zero-order valence-corrected chi connectivity index (χ0v) is 18.7. The van der Waals surface area contributed by atoms with Crippen LogP contribution in [0.5, 0.6) is 0 Å². The molecule has 1 aromatic heterocycles. The molecule has 0 saturated heterocycles. The third kappa shape index (κ3) is 5.11. The van der Waals surface area contributed by atoms with Gasteiger partial charge in [0, 0.05) is 41.7 Å². The van der Waals surface area contributed by atoms with Gasteiger partial charge in [-0.25, -0.2) is 9.07 Å². The Hall–Kier alpha value is -3.74. The van der Waals surface area contributed by atoms with Crippen LogP contribution in [0.15, 0.2) is 54.6 Å². The minimum atomic E-state index is -0.314. The Bertz CT molecular complexity index is 1150. The lowest BCUT2D eigenvalue weighted by Crippen LogP contribution is -2.30. The van der Waals surface area contributed by atoms with E-state index in [4.69, 9.17) is 0 Å². The zero-order valence-electron chi connectivity index (χ0n) is 18.7. The highest BCUT2D eigenvalue weighted by Crippen LogP contribution is 2.20. The summed E-state index contributed by atoms with van der Waals surface area (Å²) in [6, 6.07) is 13.0. The number of anilines is 1. The van der Waals surface area contributed by atoms with Crippen LogP contribution in [0, 0.1) is 19.7 Å². The maximum atomic E-state index is 13.2. The Balaban J connectivity index is 1.75. The van der Waals surface area contributed by atoms with Crippen LogP contribution in [0.4, 0.5) is 10.1 Å². The largest absolute Gasteiger partial charge is 0.339 e. The molecule has 1 heterocycles. The lowest BCUT2D eigenvalue weighted by atomic mass is 10.1. The van der Waals surface area contributed by atoms with Crippen LogP contribution < -0.4 is 5.32 Å². The Morgan fingerprint density at radius 3 is 2.44 bits per heavy atom. The van der Waals surface area contributed by atoms with Crippen molar-refractivity contribution in [2.75, 3.05) is 18.4 Å². The number of carbonyl (C=O) groups is 2. The molecule has 0 aliphatic carbocycles. The average Bonchev–Trinajstić information content (AvgIpc) is 3.07. The third-order valence-electron chi connectivity index (χ3n) is 5.25. The maximum Gasteiger partial charge on any atom is 0.253 e. The highest BCUT2D eigenvalue weighted by atomic mass is 19.1. The Labute approximate surface area is 187 Å². The molecule has 0 aliphatic heterocycles. The molecule has 1 N–H and O–H groups in total. The number of nitrogens with one attached hydrogen (secondary N) is 1. The van der Waals surface area contributed by atoms with Crippen molar-refractivity contribution in [1.29, 1.82) is 0 Å². The molecule has 0 radical (unpaired) electrons. The molecule has 166 valence electrons. The summed E-state index contributed by atoms with van der Waals surface area (Å²) >= 11 is 0. The van der Waals surface area contributed by atoms with Crippen LogP contribution in [0.3, 0.4) is 0 Å². The molecular weight excluding hydrogens is 407 g/mol. The van der Waals surface area contributed by atoms with E-state index in [-0.39, 0.29) is 17.6 Å². The van der Waals surface area contributed by atoms with Crippen LogP contribution in [0.1, 0.15) is 41.2 Å². The quantitative estimate of drug-likeness (QED) is 0.545. The van der Waals surface area contributed by atoms with E-state index in [1.165, 1.54) is 18.2 Å². The predicted molar refractivity (Wildman–Crippen MR) is 124 cm³/mol. The number of amides is 2. The summed E-state index contributed by atoms with van der Waals surface area (Å²) in [6.07, 6.45) is 3.14. The Kier molecular flexibility index (Phi) is 7.20. The molecule has 6 nitrogen and oxygen atoms in total. The molecule has 0 spiro atoms. The minimum absolute atomic E-state index is 0.0684. The van der Waals surface area contributed by atoms with E-state index < -0.39 is 0 Å². The number of hydrogen-bond donors (Lipinski definition) is 1. The molecule has 2 amide bonds. The molecule has 3 aromatic rings. The number of benzene rings is 2. The minimum Gasteiger partial charge on any atom is -0.339 e. The SMILES string of the molecule is CCN(CC)C(=O)c1cccc(NC(=O)/C=C/c2c(C)nn(-c3ccc(F)cc3)c2C)c1. The van der Waals surface area contributed by atoms with Crippen molar-refractivity contribution in [2.24, 2.45) is 0 Å². The molecule has 0 bridgehead atoms. The van der Waals surface area contributed by atoms with Crippen LogP contribution in [0.2, 0.25) is 0 Å². The van der Waals surface area contributed by atoms with Crippen molar-refractivity contribution in [3.63, 3.8) is 0 Å². The summed E-state index contributed by atoms with van der Waals surface area (Å²) in [5, 5.41) is 7.31. The normalized spacial score (nSPS) is 11.0. The van der Waals surface area contributed by atoms with Crippen molar-refractivity contribution >= 4 is 23.6 Å². The van der Waals surface area contributed by atoms with Crippen molar-refractivity contribution in [3.05, 3.63) is 82.9 Å². The van der Waals surface area contributed by atoms with Gasteiger partial charge in [-0.05, 0) is 76.2 Å². The zero-order chi connectivity index (χ0) is 23.3. The second-order valence-corrected chi connectivity index (χ2v) is 7.35. The number of halogens is 1. The topological polar surface area (TPSA) is 67.2 Å². The first-order valence-corrected chi connectivity index (χ1v) is 10.5. The molecule has 7 heteroatoms. The molecule has 0 atom stereocenters. The number of aromatic nitrogens is 2. The van der Waals surface area contributed by atoms with Crippen LogP contribution in [-0.4, -0.2) is 39.6 Å². The van der Waals surface area contributed by atoms with Crippen molar-refractivity contribution < 1.29 is 14.0 Å². The monoisotopic (exact) mass is 434 g/mol. The first kappa shape index (κ1) is 22.9. The van der Waals surface area contributed by atoms with Gasteiger partial charge >= 0.3 is 0 Å². The number of rotatable bonds is 7. The predicted octanol–water partition coefficient (Wildman–Crippen LogP) is 4.76. The summed E-state index contributed by atoms with van der Waals surface area (Å²) in [5.41, 5.74) is 4.23. The van der Waals surface area contributed by atoms with E-state index in [2.05, 4.69) is 10.4 Å². The van der Waals surface area contributed by atoms with Gasteiger partial charge in [-0.3, -0.25) is 9.59 Å². The highest BCUT2D eigenvalue weighted by molar-refractivity contribution is 6.03. The average molecular weight is 435 g/mol. The molecule has 0 unspecified atom stereocenters. The fourth-order valence-electron chi connectivity index (χ4n) is 3.50. The summed E-state index contributed by atoms with van der Waals surface area (Å²) in [6.45, 7) is 8.86. The van der Waals surface area contributed by atoms with Gasteiger partial charge in [0.15, 0.2) is 0 Å². The second kappa shape index (κ2) is 10.0.